The van der Waals surface area contributed by atoms with Crippen LogP contribution in [-0.2, 0) is 6.54 Å². The third-order valence-electron chi connectivity index (χ3n) is 3.27. The second-order valence-electron chi connectivity index (χ2n) is 5.07. The van der Waals surface area contributed by atoms with Crippen LogP contribution in [0.2, 0.25) is 0 Å². The average molecular weight is 305 g/mol. The summed E-state index contributed by atoms with van der Waals surface area (Å²) in [6.07, 6.45) is -3.94. The molecule has 1 fully saturated rings. The molecular formula is C14H18F3NO3. The van der Waals surface area contributed by atoms with E-state index in [-0.39, 0.29) is 17.6 Å². The van der Waals surface area contributed by atoms with Gasteiger partial charge >= 0.3 is 6.18 Å². The van der Waals surface area contributed by atoms with Gasteiger partial charge in [-0.05, 0) is 24.1 Å². The lowest BCUT2D eigenvalue weighted by atomic mass is 10.2. The highest BCUT2D eigenvalue weighted by Gasteiger charge is 2.29. The third kappa shape index (κ3) is 4.78. The van der Waals surface area contributed by atoms with Crippen molar-refractivity contribution in [3.05, 3.63) is 23.8 Å². The van der Waals surface area contributed by atoms with Crippen molar-refractivity contribution in [2.75, 3.05) is 26.8 Å². The Kier molecular flexibility index (Phi) is 4.95. The molecule has 1 N–H and O–H groups in total. The second-order valence-corrected chi connectivity index (χ2v) is 5.07. The van der Waals surface area contributed by atoms with Gasteiger partial charge in [0.05, 0.1) is 13.2 Å². The largest absolute Gasteiger partial charge is 0.493 e. The molecule has 0 amide bonds. The van der Waals surface area contributed by atoms with Crippen molar-refractivity contribution in [3.8, 4) is 11.5 Å². The smallest absolute Gasteiger partial charge is 0.422 e. The third-order valence-corrected chi connectivity index (χ3v) is 3.27. The lowest BCUT2D eigenvalue weighted by molar-refractivity contribution is -0.153. The van der Waals surface area contributed by atoms with Gasteiger partial charge in [0.25, 0.3) is 0 Å². The van der Waals surface area contributed by atoms with E-state index in [0.29, 0.717) is 13.1 Å². The molecule has 1 aromatic carbocycles. The van der Waals surface area contributed by atoms with Crippen LogP contribution in [0.3, 0.4) is 0 Å². The highest BCUT2D eigenvalue weighted by Crippen LogP contribution is 2.30. The number of methoxy groups -OCH3 is 1. The lowest BCUT2D eigenvalue weighted by Gasteiger charge is -2.17. The van der Waals surface area contributed by atoms with Crippen molar-refractivity contribution in [3.63, 3.8) is 0 Å². The number of halogens is 3. The van der Waals surface area contributed by atoms with E-state index in [9.17, 15) is 18.3 Å². The summed E-state index contributed by atoms with van der Waals surface area (Å²) >= 11 is 0. The Labute approximate surface area is 121 Å². The van der Waals surface area contributed by atoms with Gasteiger partial charge in [0, 0.05) is 19.6 Å². The predicted octanol–water partition coefficient (Wildman–Crippen LogP) is 2.20. The summed E-state index contributed by atoms with van der Waals surface area (Å²) in [5, 5.41) is 9.48. The molecule has 1 aliphatic rings. The molecule has 21 heavy (non-hydrogen) atoms. The normalized spacial score (nSPS) is 19.8. The molecule has 0 aliphatic carbocycles. The quantitative estimate of drug-likeness (QED) is 0.905. The Morgan fingerprint density at radius 3 is 2.67 bits per heavy atom. The minimum absolute atomic E-state index is 0.0695. The number of benzene rings is 1. The highest BCUT2D eigenvalue weighted by molar-refractivity contribution is 5.43. The summed E-state index contributed by atoms with van der Waals surface area (Å²) in [6, 6.07) is 4.85. The molecule has 7 heteroatoms. The van der Waals surface area contributed by atoms with Crippen molar-refractivity contribution >= 4 is 0 Å². The molecule has 2 rings (SSSR count). The molecule has 0 bridgehead atoms. The Bertz CT molecular complexity index is 479. The number of rotatable bonds is 5. The monoisotopic (exact) mass is 305 g/mol. The number of likely N-dealkylation sites (tertiary alicyclic amines) is 1. The van der Waals surface area contributed by atoms with Gasteiger partial charge in [0.2, 0.25) is 0 Å². The first-order chi connectivity index (χ1) is 9.87. The summed E-state index contributed by atoms with van der Waals surface area (Å²) in [7, 11) is 1.39. The first kappa shape index (κ1) is 15.9. The topological polar surface area (TPSA) is 41.9 Å². The van der Waals surface area contributed by atoms with Crippen LogP contribution in [0.1, 0.15) is 12.0 Å². The van der Waals surface area contributed by atoms with Crippen LogP contribution in [0.4, 0.5) is 13.2 Å². The lowest BCUT2D eigenvalue weighted by Crippen LogP contribution is -2.21. The van der Waals surface area contributed by atoms with Crippen LogP contribution in [0.15, 0.2) is 18.2 Å². The second kappa shape index (κ2) is 6.53. The Morgan fingerprint density at radius 1 is 1.33 bits per heavy atom. The predicted molar refractivity (Wildman–Crippen MR) is 70.4 cm³/mol. The number of hydrogen-bond acceptors (Lipinski definition) is 4. The Hall–Kier alpha value is -1.47. The maximum absolute atomic E-state index is 12.2. The van der Waals surface area contributed by atoms with Crippen LogP contribution < -0.4 is 9.47 Å². The molecule has 1 saturated heterocycles. The van der Waals surface area contributed by atoms with Crippen LogP contribution >= 0.6 is 0 Å². The van der Waals surface area contributed by atoms with Gasteiger partial charge in [-0.15, -0.1) is 0 Å². The molecule has 1 aliphatic heterocycles. The number of hydrogen-bond donors (Lipinski definition) is 1. The zero-order chi connectivity index (χ0) is 15.5. The molecule has 0 spiro atoms. The van der Waals surface area contributed by atoms with E-state index in [0.717, 1.165) is 18.5 Å². The zero-order valence-corrected chi connectivity index (χ0v) is 11.7. The summed E-state index contributed by atoms with van der Waals surface area (Å²) in [4.78, 5) is 2.08. The molecule has 1 atom stereocenters. The van der Waals surface area contributed by atoms with Gasteiger partial charge in [-0.1, -0.05) is 6.07 Å². The minimum Gasteiger partial charge on any atom is -0.493 e. The van der Waals surface area contributed by atoms with E-state index in [1.54, 1.807) is 12.1 Å². The molecular weight excluding hydrogens is 287 g/mol. The van der Waals surface area contributed by atoms with E-state index in [1.165, 1.54) is 13.2 Å². The Morgan fingerprint density at radius 2 is 2.10 bits per heavy atom. The fourth-order valence-electron chi connectivity index (χ4n) is 2.30. The number of aliphatic hydroxyl groups excluding tert-OH is 1. The number of aliphatic hydroxyl groups is 1. The molecule has 1 heterocycles. The van der Waals surface area contributed by atoms with Crippen LogP contribution in [0.5, 0.6) is 11.5 Å². The van der Waals surface area contributed by atoms with E-state index < -0.39 is 12.8 Å². The fraction of sp³-hybridized carbons (Fsp3) is 0.571. The maximum Gasteiger partial charge on any atom is 0.422 e. The van der Waals surface area contributed by atoms with Gasteiger partial charge in [-0.3, -0.25) is 4.90 Å². The molecule has 0 radical (unpaired) electrons. The van der Waals surface area contributed by atoms with E-state index in [4.69, 9.17) is 9.47 Å². The maximum atomic E-state index is 12.2. The van der Waals surface area contributed by atoms with Crippen molar-refractivity contribution in [2.24, 2.45) is 0 Å². The summed E-state index contributed by atoms with van der Waals surface area (Å²) in [5.74, 6) is 0.344. The molecule has 0 unspecified atom stereocenters. The standard InChI is InChI=1S/C14H18F3NO3/c1-20-13-6-10(7-18-5-4-11(19)8-18)2-3-12(13)21-9-14(15,16)17/h2-3,6,11,19H,4-5,7-9H2,1H3/t11-/m1/s1. The first-order valence-corrected chi connectivity index (χ1v) is 6.64. The number of nitrogens with zero attached hydrogens (tertiary/aromatic N) is 1. The van der Waals surface area contributed by atoms with E-state index in [2.05, 4.69) is 4.90 Å². The zero-order valence-electron chi connectivity index (χ0n) is 11.7. The van der Waals surface area contributed by atoms with Crippen LogP contribution in [0.25, 0.3) is 0 Å². The molecule has 4 nitrogen and oxygen atoms in total. The number of alkyl halides is 3. The highest BCUT2D eigenvalue weighted by atomic mass is 19.4. The van der Waals surface area contributed by atoms with Gasteiger partial charge in [-0.25, -0.2) is 0 Å². The fourth-order valence-corrected chi connectivity index (χ4v) is 2.30. The van der Waals surface area contributed by atoms with Crippen molar-refractivity contribution in [1.82, 2.24) is 4.90 Å². The Balaban J connectivity index is 2.02. The van der Waals surface area contributed by atoms with Gasteiger partial charge in [0.1, 0.15) is 0 Å². The minimum atomic E-state index is -4.38. The molecule has 118 valence electrons. The van der Waals surface area contributed by atoms with E-state index in [1.807, 2.05) is 0 Å². The molecule has 0 saturated carbocycles. The number of β-amino-alcohol motifs (C(OH)–C–C–N with tert-alkyl or cyclic N) is 1. The van der Waals surface area contributed by atoms with Crippen molar-refractivity contribution in [1.29, 1.82) is 0 Å². The van der Waals surface area contributed by atoms with Crippen molar-refractivity contribution in [2.45, 2.75) is 25.2 Å². The van der Waals surface area contributed by atoms with Gasteiger partial charge < -0.3 is 14.6 Å². The molecule has 0 aromatic heterocycles. The average Bonchev–Trinajstić information content (AvgIpc) is 2.81. The summed E-state index contributed by atoms with van der Waals surface area (Å²) < 4.78 is 46.3. The van der Waals surface area contributed by atoms with Crippen LogP contribution in [0, 0.1) is 0 Å². The first-order valence-electron chi connectivity index (χ1n) is 6.64. The van der Waals surface area contributed by atoms with Gasteiger partial charge in [-0.2, -0.15) is 13.2 Å². The van der Waals surface area contributed by atoms with Crippen LogP contribution in [-0.4, -0.2) is 49.1 Å². The van der Waals surface area contributed by atoms with Gasteiger partial charge in [0.15, 0.2) is 18.1 Å². The van der Waals surface area contributed by atoms with Crippen molar-refractivity contribution < 1.29 is 27.8 Å². The van der Waals surface area contributed by atoms with E-state index >= 15 is 0 Å². The SMILES string of the molecule is COc1cc(CN2CC[C@@H](O)C2)ccc1OCC(F)(F)F. The summed E-state index contributed by atoms with van der Waals surface area (Å²) in [6.45, 7) is 0.679. The summed E-state index contributed by atoms with van der Waals surface area (Å²) in [5.41, 5.74) is 0.903. The molecule has 1 aromatic rings. The number of ether oxygens (including phenoxy) is 2.